The molecule has 0 radical (unpaired) electrons. The Morgan fingerprint density at radius 2 is 1.58 bits per heavy atom. The maximum Gasteiger partial charge on any atom is 0.289 e. The van der Waals surface area contributed by atoms with Crippen molar-refractivity contribution in [1.82, 2.24) is 4.72 Å². The number of hydrogen-bond donors (Lipinski definition) is 2. The first-order chi connectivity index (χ1) is 12.1. The molecule has 0 unspecified atom stereocenters. The van der Waals surface area contributed by atoms with E-state index in [1.165, 1.54) is 24.3 Å². The Bertz CT molecular complexity index is 1040. The molecule has 0 aliphatic carbocycles. The van der Waals surface area contributed by atoms with E-state index in [0.29, 0.717) is 0 Å². The number of nitrogens with one attached hydrogen (secondary N) is 2. The number of nitro benzene ring substituents is 1. The van der Waals surface area contributed by atoms with Gasteiger partial charge in [0.05, 0.1) is 14.7 Å². The van der Waals surface area contributed by atoms with Crippen molar-refractivity contribution in [3.05, 3.63) is 57.6 Å². The molecule has 2 aromatic carbocycles. The second-order valence-electron chi connectivity index (χ2n) is 5.00. The Balaban J connectivity index is 2.30. The van der Waals surface area contributed by atoms with Crippen molar-refractivity contribution >= 4 is 43.0 Å². The highest BCUT2D eigenvalue weighted by Gasteiger charge is 2.21. The summed E-state index contributed by atoms with van der Waals surface area (Å²) in [6, 6.07) is 8.09. The zero-order valence-electron chi connectivity index (χ0n) is 13.3. The van der Waals surface area contributed by atoms with Crippen LogP contribution in [0, 0.1) is 10.1 Å². The Labute approximate surface area is 155 Å². The van der Waals surface area contributed by atoms with Gasteiger partial charge in [0.2, 0.25) is 10.0 Å². The van der Waals surface area contributed by atoms with Gasteiger partial charge >= 0.3 is 0 Å². The van der Waals surface area contributed by atoms with Crippen LogP contribution < -0.4 is 9.44 Å². The van der Waals surface area contributed by atoms with Gasteiger partial charge in [0.25, 0.3) is 15.7 Å². The topological polar surface area (TPSA) is 135 Å². The number of benzene rings is 2. The number of rotatable bonds is 7. The number of sulfonamides is 2. The molecule has 26 heavy (non-hydrogen) atoms. The molecule has 2 rings (SSSR count). The number of anilines is 1. The minimum atomic E-state index is -4.12. The molecule has 0 saturated heterocycles. The van der Waals surface area contributed by atoms with Crippen LogP contribution in [-0.4, -0.2) is 28.3 Å². The number of halogens is 1. The average Bonchev–Trinajstić information content (AvgIpc) is 2.54. The van der Waals surface area contributed by atoms with Crippen LogP contribution in [0.15, 0.2) is 52.3 Å². The minimum Gasteiger partial charge on any atom is -0.280 e. The summed E-state index contributed by atoms with van der Waals surface area (Å²) >= 11 is 5.67. The summed E-state index contributed by atoms with van der Waals surface area (Å²) < 4.78 is 53.0. The molecule has 0 aliphatic heterocycles. The van der Waals surface area contributed by atoms with Crippen LogP contribution in [0.4, 0.5) is 11.4 Å². The van der Waals surface area contributed by atoms with Crippen LogP contribution in [0.1, 0.15) is 6.92 Å². The molecule has 0 amide bonds. The Hall–Kier alpha value is -2.21. The predicted octanol–water partition coefficient (Wildman–Crippen LogP) is 2.35. The van der Waals surface area contributed by atoms with Gasteiger partial charge in [-0.25, -0.2) is 21.6 Å². The molecule has 0 aromatic heterocycles. The molecule has 9 nitrogen and oxygen atoms in total. The van der Waals surface area contributed by atoms with Gasteiger partial charge in [-0.15, -0.1) is 0 Å². The fourth-order valence-electron chi connectivity index (χ4n) is 1.99. The fourth-order valence-corrected chi connectivity index (χ4v) is 4.29. The van der Waals surface area contributed by atoms with Gasteiger partial charge in [-0.1, -0.05) is 18.5 Å². The van der Waals surface area contributed by atoms with E-state index in [-0.39, 0.29) is 27.0 Å². The summed E-state index contributed by atoms with van der Waals surface area (Å²) in [5.74, 6) is 0. The SMILES string of the molecule is CCNS(=O)(=O)c1ccc(NS(=O)(=O)c2ccc(Cl)c([N+](=O)[O-])c2)cc1. The van der Waals surface area contributed by atoms with Gasteiger partial charge in [-0.3, -0.25) is 14.8 Å². The third kappa shape index (κ3) is 4.49. The Kier molecular flexibility index (Phi) is 5.86. The van der Waals surface area contributed by atoms with Gasteiger partial charge in [0, 0.05) is 18.3 Å². The summed E-state index contributed by atoms with van der Waals surface area (Å²) in [5, 5.41) is 10.7. The first-order valence-electron chi connectivity index (χ1n) is 7.13. The number of hydrogen-bond acceptors (Lipinski definition) is 6. The van der Waals surface area contributed by atoms with Crippen molar-refractivity contribution in [2.75, 3.05) is 11.3 Å². The third-order valence-corrected chi connectivity index (χ3v) is 6.44. The van der Waals surface area contributed by atoms with E-state index in [1.54, 1.807) is 6.92 Å². The molecule has 140 valence electrons. The molecule has 0 spiro atoms. The van der Waals surface area contributed by atoms with Crippen LogP contribution in [-0.2, 0) is 20.0 Å². The van der Waals surface area contributed by atoms with Crippen molar-refractivity contribution < 1.29 is 21.8 Å². The highest BCUT2D eigenvalue weighted by atomic mass is 35.5. The maximum absolute atomic E-state index is 12.4. The lowest BCUT2D eigenvalue weighted by molar-refractivity contribution is -0.384. The quantitative estimate of drug-likeness (QED) is 0.522. The van der Waals surface area contributed by atoms with E-state index in [1.807, 2.05) is 0 Å². The van der Waals surface area contributed by atoms with E-state index in [4.69, 9.17) is 11.6 Å². The monoisotopic (exact) mass is 419 g/mol. The number of nitrogens with zero attached hydrogens (tertiary/aromatic N) is 1. The van der Waals surface area contributed by atoms with Crippen LogP contribution in [0.25, 0.3) is 0 Å². The van der Waals surface area contributed by atoms with E-state index < -0.39 is 30.7 Å². The minimum absolute atomic E-state index is 0.0237. The van der Waals surface area contributed by atoms with Gasteiger partial charge in [-0.2, -0.15) is 0 Å². The van der Waals surface area contributed by atoms with Gasteiger partial charge in [0.1, 0.15) is 5.02 Å². The number of nitro groups is 1. The zero-order valence-corrected chi connectivity index (χ0v) is 15.7. The summed E-state index contributed by atoms with van der Waals surface area (Å²) in [4.78, 5) is 9.72. The Morgan fingerprint density at radius 3 is 2.12 bits per heavy atom. The molecule has 2 aromatic rings. The zero-order chi connectivity index (χ0) is 19.5. The smallest absolute Gasteiger partial charge is 0.280 e. The molecule has 2 N–H and O–H groups in total. The molecule has 0 saturated carbocycles. The molecule has 0 fully saturated rings. The van der Waals surface area contributed by atoms with Gasteiger partial charge in [0.15, 0.2) is 0 Å². The van der Waals surface area contributed by atoms with Crippen molar-refractivity contribution in [3.63, 3.8) is 0 Å². The van der Waals surface area contributed by atoms with Crippen molar-refractivity contribution in [1.29, 1.82) is 0 Å². The summed E-state index contributed by atoms with van der Waals surface area (Å²) in [6.45, 7) is 1.84. The standard InChI is InChI=1S/C14H14ClN3O6S2/c1-2-16-25(21,22)11-5-3-10(4-6-11)17-26(23,24)12-7-8-13(15)14(9-12)18(19)20/h3-9,16-17H,2H2,1H3. The molecule has 12 heteroatoms. The third-order valence-electron chi connectivity index (χ3n) is 3.18. The maximum atomic E-state index is 12.4. The molecule has 0 atom stereocenters. The largest absolute Gasteiger partial charge is 0.289 e. The Morgan fingerprint density at radius 1 is 1.00 bits per heavy atom. The second-order valence-corrected chi connectivity index (χ2v) is 8.86. The molecule has 0 aliphatic rings. The van der Waals surface area contributed by atoms with Gasteiger partial charge < -0.3 is 0 Å². The average molecular weight is 420 g/mol. The predicted molar refractivity (Wildman–Crippen MR) is 96.2 cm³/mol. The molecular weight excluding hydrogens is 406 g/mol. The first-order valence-corrected chi connectivity index (χ1v) is 10.5. The van der Waals surface area contributed by atoms with Crippen molar-refractivity contribution in [3.8, 4) is 0 Å². The lowest BCUT2D eigenvalue weighted by Gasteiger charge is -2.09. The second kappa shape index (κ2) is 7.58. The summed E-state index contributed by atoms with van der Waals surface area (Å²) in [6.07, 6.45) is 0. The molecule has 0 bridgehead atoms. The van der Waals surface area contributed by atoms with Crippen LogP contribution in [0.2, 0.25) is 5.02 Å². The van der Waals surface area contributed by atoms with E-state index in [2.05, 4.69) is 9.44 Å². The van der Waals surface area contributed by atoms with E-state index in [9.17, 15) is 26.9 Å². The van der Waals surface area contributed by atoms with E-state index in [0.717, 1.165) is 18.2 Å². The summed E-state index contributed by atoms with van der Waals surface area (Å²) in [5.41, 5.74) is -0.445. The molecule has 0 heterocycles. The van der Waals surface area contributed by atoms with Crippen molar-refractivity contribution in [2.45, 2.75) is 16.7 Å². The summed E-state index contributed by atoms with van der Waals surface area (Å²) in [7, 11) is -7.78. The highest BCUT2D eigenvalue weighted by Crippen LogP contribution is 2.28. The highest BCUT2D eigenvalue weighted by molar-refractivity contribution is 7.92. The van der Waals surface area contributed by atoms with Crippen LogP contribution in [0.3, 0.4) is 0 Å². The van der Waals surface area contributed by atoms with Crippen LogP contribution >= 0.6 is 11.6 Å². The van der Waals surface area contributed by atoms with E-state index >= 15 is 0 Å². The molecular formula is C14H14ClN3O6S2. The van der Waals surface area contributed by atoms with Crippen LogP contribution in [0.5, 0.6) is 0 Å². The normalized spacial score (nSPS) is 11.9. The van der Waals surface area contributed by atoms with Gasteiger partial charge in [-0.05, 0) is 36.4 Å². The van der Waals surface area contributed by atoms with Crippen molar-refractivity contribution in [2.24, 2.45) is 0 Å². The fraction of sp³-hybridized carbons (Fsp3) is 0.143. The lowest BCUT2D eigenvalue weighted by Crippen LogP contribution is -2.23. The lowest BCUT2D eigenvalue weighted by atomic mass is 10.3. The first kappa shape index (κ1) is 20.1.